The Morgan fingerprint density at radius 1 is 1.18 bits per heavy atom. The second-order valence-corrected chi connectivity index (χ2v) is 4.25. The maximum Gasteiger partial charge on any atom is 0.0914 e. The fourth-order valence-electron chi connectivity index (χ4n) is 0.849. The van der Waals surface area contributed by atoms with E-state index in [9.17, 15) is 5.11 Å². The number of hydrogen-bond donors (Lipinski definition) is 1. The van der Waals surface area contributed by atoms with Crippen LogP contribution in [-0.4, -0.2) is 27.3 Å². The molecule has 0 spiro atoms. The second-order valence-electron chi connectivity index (χ2n) is 2.33. The topological polar surface area (TPSA) is 20.2 Å². The highest BCUT2D eigenvalue weighted by Gasteiger charge is 2.35. The van der Waals surface area contributed by atoms with E-state index in [4.69, 9.17) is 46.4 Å². The maximum atomic E-state index is 9.20. The van der Waals surface area contributed by atoms with Crippen molar-refractivity contribution >= 4 is 46.4 Å². The average molecular weight is 236 g/mol. The fourth-order valence-corrected chi connectivity index (χ4v) is 1.99. The van der Waals surface area contributed by atoms with Crippen molar-refractivity contribution in [3.8, 4) is 0 Å². The van der Waals surface area contributed by atoms with Gasteiger partial charge in [0.25, 0.3) is 0 Å². The minimum atomic E-state index is -0.804. The molecule has 0 amide bonds. The van der Waals surface area contributed by atoms with E-state index in [1.807, 2.05) is 0 Å². The summed E-state index contributed by atoms with van der Waals surface area (Å²) in [5.41, 5.74) is 0. The number of halogens is 4. The fraction of sp³-hybridized carbons (Fsp3) is 0.667. The van der Waals surface area contributed by atoms with Gasteiger partial charge in [0.05, 0.1) is 22.2 Å². The van der Waals surface area contributed by atoms with Crippen LogP contribution in [0.3, 0.4) is 0 Å². The Morgan fingerprint density at radius 2 is 1.73 bits per heavy atom. The standard InChI is InChI=1S/C6H6Cl4O/c7-2-1-3(11)5(9)6(10)4(2)8/h1,3-6,11H. The molecule has 0 aromatic heterocycles. The number of allylic oxidation sites excluding steroid dienone is 1. The normalized spacial score (nSPS) is 45.4. The van der Waals surface area contributed by atoms with E-state index < -0.39 is 22.2 Å². The minimum Gasteiger partial charge on any atom is -0.387 e. The van der Waals surface area contributed by atoms with Crippen molar-refractivity contribution in [2.45, 2.75) is 22.2 Å². The van der Waals surface area contributed by atoms with E-state index in [0.29, 0.717) is 5.03 Å². The number of alkyl halides is 3. The predicted molar refractivity (Wildman–Crippen MR) is 48.9 cm³/mol. The molecule has 1 aliphatic rings. The summed E-state index contributed by atoms with van der Waals surface area (Å²) in [7, 11) is 0. The molecule has 1 N–H and O–H groups in total. The largest absolute Gasteiger partial charge is 0.387 e. The Balaban J connectivity index is 2.83. The number of rotatable bonds is 0. The SMILES string of the molecule is OC1C=C(Cl)C(Cl)C(Cl)C1Cl. The first-order chi connectivity index (χ1) is 5.04. The molecule has 0 fully saturated rings. The van der Waals surface area contributed by atoms with Gasteiger partial charge in [0, 0.05) is 5.03 Å². The summed E-state index contributed by atoms with van der Waals surface area (Å²) in [6.45, 7) is 0. The monoisotopic (exact) mass is 234 g/mol. The van der Waals surface area contributed by atoms with Gasteiger partial charge >= 0.3 is 0 Å². The molecule has 4 atom stereocenters. The lowest BCUT2D eigenvalue weighted by Crippen LogP contribution is -2.38. The molecule has 0 aliphatic heterocycles. The number of aliphatic hydroxyl groups excluding tert-OH is 1. The molecule has 0 heterocycles. The molecule has 0 aromatic rings. The highest BCUT2D eigenvalue weighted by molar-refractivity contribution is 6.42. The highest BCUT2D eigenvalue weighted by Crippen LogP contribution is 2.33. The molecule has 0 aromatic carbocycles. The van der Waals surface area contributed by atoms with Crippen LogP contribution in [-0.2, 0) is 0 Å². The van der Waals surface area contributed by atoms with Crippen LogP contribution in [0.25, 0.3) is 0 Å². The van der Waals surface area contributed by atoms with Crippen LogP contribution in [0.15, 0.2) is 11.1 Å². The third-order valence-electron chi connectivity index (χ3n) is 1.50. The van der Waals surface area contributed by atoms with Gasteiger partial charge in [0.1, 0.15) is 0 Å². The molecule has 0 radical (unpaired) electrons. The van der Waals surface area contributed by atoms with Gasteiger partial charge < -0.3 is 5.11 Å². The molecule has 1 aliphatic carbocycles. The minimum absolute atomic E-state index is 0.357. The summed E-state index contributed by atoms with van der Waals surface area (Å²) in [6, 6.07) is 0. The third kappa shape index (κ3) is 1.96. The summed E-state index contributed by atoms with van der Waals surface area (Å²) in [5.74, 6) is 0. The summed E-state index contributed by atoms with van der Waals surface area (Å²) in [4.78, 5) is 0. The lowest BCUT2D eigenvalue weighted by Gasteiger charge is -2.28. The van der Waals surface area contributed by atoms with E-state index in [-0.39, 0.29) is 0 Å². The molecule has 0 saturated carbocycles. The maximum absolute atomic E-state index is 9.20. The Bertz CT molecular complexity index is 181. The van der Waals surface area contributed by atoms with Crippen LogP contribution in [0.2, 0.25) is 0 Å². The van der Waals surface area contributed by atoms with Crippen LogP contribution >= 0.6 is 46.4 Å². The number of aliphatic hydroxyl groups is 1. The predicted octanol–water partition coefficient (Wildman–Crippen LogP) is 2.31. The van der Waals surface area contributed by atoms with Gasteiger partial charge in [-0.3, -0.25) is 0 Å². The van der Waals surface area contributed by atoms with Crippen LogP contribution < -0.4 is 0 Å². The Morgan fingerprint density at radius 3 is 2.27 bits per heavy atom. The van der Waals surface area contributed by atoms with E-state index >= 15 is 0 Å². The van der Waals surface area contributed by atoms with Crippen molar-refractivity contribution in [1.29, 1.82) is 0 Å². The van der Waals surface area contributed by atoms with Gasteiger partial charge in [-0.25, -0.2) is 0 Å². The Labute approximate surface area is 84.9 Å². The van der Waals surface area contributed by atoms with Crippen LogP contribution in [0.1, 0.15) is 0 Å². The van der Waals surface area contributed by atoms with Crippen LogP contribution in [0.5, 0.6) is 0 Å². The van der Waals surface area contributed by atoms with Crippen molar-refractivity contribution in [3.05, 3.63) is 11.1 Å². The summed E-state index contributed by atoms with van der Waals surface area (Å²) in [5, 5.41) is 7.97. The van der Waals surface area contributed by atoms with Crippen LogP contribution in [0, 0.1) is 0 Å². The summed E-state index contributed by atoms with van der Waals surface area (Å²) < 4.78 is 0. The average Bonchev–Trinajstić information content (AvgIpc) is 1.97. The van der Waals surface area contributed by atoms with Crippen molar-refractivity contribution in [2.24, 2.45) is 0 Å². The second kappa shape index (κ2) is 3.71. The Hall–Kier alpha value is 0.860. The van der Waals surface area contributed by atoms with E-state index in [0.717, 1.165) is 0 Å². The molecule has 1 nitrogen and oxygen atoms in total. The highest BCUT2D eigenvalue weighted by atomic mass is 35.5. The molecule has 4 unspecified atom stereocenters. The molecule has 0 saturated heterocycles. The number of hydrogen-bond acceptors (Lipinski definition) is 1. The van der Waals surface area contributed by atoms with Gasteiger partial charge in [0.2, 0.25) is 0 Å². The lowest BCUT2D eigenvalue weighted by molar-refractivity contribution is 0.209. The molecular formula is C6H6Cl4O. The zero-order valence-corrected chi connectivity index (χ0v) is 8.37. The first-order valence-electron chi connectivity index (χ1n) is 3.01. The van der Waals surface area contributed by atoms with E-state index in [2.05, 4.69) is 0 Å². The Kier molecular flexibility index (Phi) is 3.36. The zero-order valence-electron chi connectivity index (χ0n) is 5.35. The molecule has 64 valence electrons. The van der Waals surface area contributed by atoms with Crippen molar-refractivity contribution in [3.63, 3.8) is 0 Å². The summed E-state index contributed by atoms with van der Waals surface area (Å²) >= 11 is 22.9. The van der Waals surface area contributed by atoms with Gasteiger partial charge in [-0.05, 0) is 6.08 Å². The zero-order chi connectivity index (χ0) is 8.59. The lowest BCUT2D eigenvalue weighted by atomic mass is 10.0. The van der Waals surface area contributed by atoms with Gasteiger partial charge in [-0.15, -0.1) is 34.8 Å². The van der Waals surface area contributed by atoms with Crippen molar-refractivity contribution in [2.75, 3.05) is 0 Å². The third-order valence-corrected chi connectivity index (χ3v) is 3.79. The summed E-state index contributed by atoms with van der Waals surface area (Å²) in [6.07, 6.45) is 0.608. The quantitative estimate of drug-likeness (QED) is 0.639. The van der Waals surface area contributed by atoms with Gasteiger partial charge in [0.15, 0.2) is 0 Å². The molecule has 1 rings (SSSR count). The smallest absolute Gasteiger partial charge is 0.0914 e. The van der Waals surface area contributed by atoms with E-state index in [1.165, 1.54) is 6.08 Å². The van der Waals surface area contributed by atoms with Gasteiger partial charge in [-0.1, -0.05) is 11.6 Å². The molecule has 11 heavy (non-hydrogen) atoms. The first-order valence-corrected chi connectivity index (χ1v) is 4.70. The molecular weight excluding hydrogens is 230 g/mol. The van der Waals surface area contributed by atoms with E-state index in [1.54, 1.807) is 0 Å². The van der Waals surface area contributed by atoms with Crippen molar-refractivity contribution < 1.29 is 5.11 Å². The van der Waals surface area contributed by atoms with Crippen molar-refractivity contribution in [1.82, 2.24) is 0 Å². The van der Waals surface area contributed by atoms with Crippen LogP contribution in [0.4, 0.5) is 0 Å². The first kappa shape index (κ1) is 9.94. The molecule has 0 bridgehead atoms. The molecule has 5 heteroatoms. The van der Waals surface area contributed by atoms with Gasteiger partial charge in [-0.2, -0.15) is 0 Å².